The fourth-order valence-corrected chi connectivity index (χ4v) is 3.28. The van der Waals surface area contributed by atoms with Gasteiger partial charge in [-0.25, -0.2) is 4.98 Å². The normalized spacial score (nSPS) is 11.2. The third-order valence-electron chi connectivity index (χ3n) is 4.44. The number of benzene rings is 1. The zero-order valence-electron chi connectivity index (χ0n) is 17.9. The number of para-hydroxylation sites is 1. The van der Waals surface area contributed by atoms with Crippen LogP contribution < -0.4 is 10.6 Å². The molecule has 0 saturated carbocycles. The van der Waals surface area contributed by atoms with Crippen LogP contribution in [0.2, 0.25) is 0 Å². The summed E-state index contributed by atoms with van der Waals surface area (Å²) >= 11 is 0. The highest BCUT2D eigenvalue weighted by molar-refractivity contribution is 7.85. The van der Waals surface area contributed by atoms with E-state index >= 15 is 0 Å². The summed E-state index contributed by atoms with van der Waals surface area (Å²) in [5.41, 5.74) is 1.81. The van der Waals surface area contributed by atoms with E-state index in [0.29, 0.717) is 36.3 Å². The molecule has 8 nitrogen and oxygen atoms in total. The minimum absolute atomic E-state index is 0.158. The third-order valence-corrected chi connectivity index (χ3v) is 5.04. The van der Waals surface area contributed by atoms with Gasteiger partial charge in [-0.3, -0.25) is 13.8 Å². The average Bonchev–Trinajstić information content (AvgIpc) is 2.71. The Morgan fingerprint density at radius 2 is 1.68 bits per heavy atom. The number of nitrogens with one attached hydrogen (secondary N) is 2. The van der Waals surface area contributed by atoms with Crippen molar-refractivity contribution in [1.82, 2.24) is 4.98 Å². The molecule has 2 amide bonds. The van der Waals surface area contributed by atoms with Gasteiger partial charge in [-0.1, -0.05) is 37.5 Å². The molecule has 2 N–H and O–H groups in total. The van der Waals surface area contributed by atoms with Crippen molar-refractivity contribution < 1.29 is 22.2 Å². The van der Waals surface area contributed by atoms with E-state index in [0.717, 1.165) is 31.1 Å². The summed E-state index contributed by atoms with van der Waals surface area (Å²) in [6.07, 6.45) is 7.01. The molecular weight excluding hydrogens is 418 g/mol. The van der Waals surface area contributed by atoms with Gasteiger partial charge in [0, 0.05) is 12.6 Å². The summed E-state index contributed by atoms with van der Waals surface area (Å²) in [6.45, 7) is 2.10. The Morgan fingerprint density at radius 1 is 0.968 bits per heavy atom. The van der Waals surface area contributed by atoms with Gasteiger partial charge >= 0.3 is 0 Å². The van der Waals surface area contributed by atoms with Crippen molar-refractivity contribution >= 4 is 33.4 Å². The molecule has 0 unspecified atom stereocenters. The molecule has 0 fully saturated rings. The Hall–Kier alpha value is -2.78. The SMILES string of the molecule is Cc1ccc(NC(=O)c2ccccc2NC(=O)CCCCCCCOS(C)(=O)=O)nc1. The molecule has 1 aromatic carbocycles. The van der Waals surface area contributed by atoms with Gasteiger partial charge in [-0.05, 0) is 43.5 Å². The Labute approximate surface area is 183 Å². The van der Waals surface area contributed by atoms with Crippen molar-refractivity contribution in [2.24, 2.45) is 0 Å². The second-order valence-corrected chi connectivity index (χ2v) is 8.96. The predicted molar refractivity (Wildman–Crippen MR) is 120 cm³/mol. The minimum atomic E-state index is -3.38. The molecule has 0 saturated heterocycles. The van der Waals surface area contributed by atoms with Gasteiger partial charge in [0.2, 0.25) is 5.91 Å². The van der Waals surface area contributed by atoms with Crippen LogP contribution in [0.4, 0.5) is 11.5 Å². The van der Waals surface area contributed by atoms with E-state index in [4.69, 9.17) is 0 Å². The number of pyridine rings is 1. The monoisotopic (exact) mass is 447 g/mol. The molecular formula is C22H29N3O5S. The highest BCUT2D eigenvalue weighted by Crippen LogP contribution is 2.18. The van der Waals surface area contributed by atoms with Crippen LogP contribution in [-0.2, 0) is 19.1 Å². The summed E-state index contributed by atoms with van der Waals surface area (Å²) in [4.78, 5) is 29.1. The quantitative estimate of drug-likeness (QED) is 0.377. The molecule has 0 atom stereocenters. The predicted octanol–water partition coefficient (Wildman–Crippen LogP) is 3.90. The van der Waals surface area contributed by atoms with Crippen molar-refractivity contribution in [2.75, 3.05) is 23.5 Å². The molecule has 1 heterocycles. The lowest BCUT2D eigenvalue weighted by Crippen LogP contribution is -2.18. The molecule has 1 aromatic heterocycles. The maximum absolute atomic E-state index is 12.6. The molecule has 0 aliphatic carbocycles. The number of carbonyl (C=O) groups excluding carboxylic acids is 2. The molecule has 2 aromatic rings. The first-order valence-corrected chi connectivity index (χ1v) is 12.0. The molecule has 0 aliphatic heterocycles. The van der Waals surface area contributed by atoms with Gasteiger partial charge in [0.25, 0.3) is 16.0 Å². The van der Waals surface area contributed by atoms with Crippen molar-refractivity contribution in [3.63, 3.8) is 0 Å². The lowest BCUT2D eigenvalue weighted by Gasteiger charge is -2.11. The van der Waals surface area contributed by atoms with Gasteiger partial charge in [0.05, 0.1) is 24.1 Å². The van der Waals surface area contributed by atoms with Gasteiger partial charge in [-0.2, -0.15) is 8.42 Å². The standard InChI is InChI=1S/C22H29N3O5S/c1-17-13-14-20(23-16-17)25-22(27)18-10-7-8-11-19(18)24-21(26)12-6-4-3-5-9-15-30-31(2,28)29/h7-8,10-11,13-14,16H,3-6,9,12,15H2,1-2H3,(H,24,26)(H,23,25,27). The minimum Gasteiger partial charge on any atom is -0.325 e. The summed E-state index contributed by atoms with van der Waals surface area (Å²) in [5.74, 6) is -0.0589. The van der Waals surface area contributed by atoms with Crippen molar-refractivity contribution in [1.29, 1.82) is 0 Å². The summed E-state index contributed by atoms with van der Waals surface area (Å²) < 4.78 is 26.4. The smallest absolute Gasteiger partial charge is 0.264 e. The Bertz CT molecular complexity index is 975. The van der Waals surface area contributed by atoms with Crippen LogP contribution in [0.1, 0.15) is 54.4 Å². The largest absolute Gasteiger partial charge is 0.325 e. The first-order chi connectivity index (χ1) is 14.7. The fraction of sp³-hybridized carbons (Fsp3) is 0.409. The van der Waals surface area contributed by atoms with Crippen molar-refractivity contribution in [3.05, 3.63) is 53.7 Å². The number of aryl methyl sites for hydroxylation is 1. The molecule has 31 heavy (non-hydrogen) atoms. The molecule has 0 radical (unpaired) electrons. The van der Waals surface area contributed by atoms with E-state index in [9.17, 15) is 18.0 Å². The van der Waals surface area contributed by atoms with E-state index < -0.39 is 10.1 Å². The second kappa shape index (κ2) is 12.2. The highest BCUT2D eigenvalue weighted by atomic mass is 32.2. The van der Waals surface area contributed by atoms with E-state index in [-0.39, 0.29) is 18.4 Å². The fourth-order valence-electron chi connectivity index (χ4n) is 2.86. The van der Waals surface area contributed by atoms with Gasteiger partial charge < -0.3 is 10.6 Å². The maximum atomic E-state index is 12.6. The van der Waals surface area contributed by atoms with Crippen LogP contribution in [0.3, 0.4) is 0 Å². The lowest BCUT2D eigenvalue weighted by molar-refractivity contribution is -0.116. The maximum Gasteiger partial charge on any atom is 0.264 e. The highest BCUT2D eigenvalue weighted by Gasteiger charge is 2.13. The first kappa shape index (κ1) is 24.5. The lowest BCUT2D eigenvalue weighted by atomic mass is 10.1. The summed E-state index contributed by atoms with van der Waals surface area (Å²) in [6, 6.07) is 10.4. The number of carbonyl (C=O) groups is 2. The molecule has 0 spiro atoms. The first-order valence-electron chi connectivity index (χ1n) is 10.2. The third kappa shape index (κ3) is 9.71. The van der Waals surface area contributed by atoms with Crippen molar-refractivity contribution in [3.8, 4) is 0 Å². The number of hydrogen-bond donors (Lipinski definition) is 2. The zero-order chi connectivity index (χ0) is 22.7. The average molecular weight is 448 g/mol. The number of nitrogens with zero attached hydrogens (tertiary/aromatic N) is 1. The topological polar surface area (TPSA) is 114 Å². The molecule has 0 bridgehead atoms. The summed E-state index contributed by atoms with van der Waals surface area (Å²) in [5, 5.41) is 5.54. The molecule has 2 rings (SSSR count). The Kier molecular flexibility index (Phi) is 9.61. The van der Waals surface area contributed by atoms with E-state index in [1.165, 1.54) is 0 Å². The number of aromatic nitrogens is 1. The van der Waals surface area contributed by atoms with Crippen LogP contribution in [0.25, 0.3) is 0 Å². The van der Waals surface area contributed by atoms with Crippen LogP contribution >= 0.6 is 0 Å². The molecule has 0 aliphatic rings. The molecule has 9 heteroatoms. The number of rotatable bonds is 12. The van der Waals surface area contributed by atoms with Crippen LogP contribution in [0, 0.1) is 6.92 Å². The molecule has 168 valence electrons. The van der Waals surface area contributed by atoms with E-state index in [1.807, 2.05) is 13.0 Å². The second-order valence-electron chi connectivity index (χ2n) is 7.31. The van der Waals surface area contributed by atoms with Crippen LogP contribution in [-0.4, -0.2) is 38.1 Å². The van der Waals surface area contributed by atoms with E-state index in [2.05, 4.69) is 19.8 Å². The Balaban J connectivity index is 1.75. The van der Waals surface area contributed by atoms with Gasteiger partial charge in [-0.15, -0.1) is 0 Å². The number of amides is 2. The summed E-state index contributed by atoms with van der Waals surface area (Å²) in [7, 11) is -3.38. The van der Waals surface area contributed by atoms with Crippen LogP contribution in [0.5, 0.6) is 0 Å². The number of anilines is 2. The van der Waals surface area contributed by atoms with Gasteiger partial charge in [0.1, 0.15) is 5.82 Å². The van der Waals surface area contributed by atoms with E-state index in [1.54, 1.807) is 36.5 Å². The number of hydrogen-bond acceptors (Lipinski definition) is 6. The van der Waals surface area contributed by atoms with Gasteiger partial charge in [0.15, 0.2) is 0 Å². The Morgan fingerprint density at radius 3 is 2.39 bits per heavy atom. The van der Waals surface area contributed by atoms with Crippen LogP contribution in [0.15, 0.2) is 42.6 Å². The number of unbranched alkanes of at least 4 members (excludes halogenated alkanes) is 4. The zero-order valence-corrected chi connectivity index (χ0v) is 18.7. The van der Waals surface area contributed by atoms with Crippen molar-refractivity contribution in [2.45, 2.75) is 45.4 Å².